The van der Waals surface area contributed by atoms with Gasteiger partial charge in [-0.2, -0.15) is 11.8 Å². The minimum atomic E-state index is -0.920. The minimum Gasteiger partial charge on any atom is -0.387 e. The summed E-state index contributed by atoms with van der Waals surface area (Å²) < 4.78 is 13.3. The molecule has 1 aliphatic rings. The number of thioether (sulfide) groups is 1. The van der Waals surface area contributed by atoms with Crippen LogP contribution in [-0.4, -0.2) is 41.8 Å². The van der Waals surface area contributed by atoms with Gasteiger partial charge in [0.2, 0.25) is 0 Å². The average molecular weight is 326 g/mol. The zero-order valence-electron chi connectivity index (χ0n) is 13.0. The first kappa shape index (κ1) is 17.1. The smallest absolute Gasteiger partial charge is 0.314 e. The number of nitrogens with one attached hydrogen (secondary N) is 2. The van der Waals surface area contributed by atoms with Crippen LogP contribution in [0.4, 0.5) is 9.18 Å². The van der Waals surface area contributed by atoms with Gasteiger partial charge in [0.1, 0.15) is 5.82 Å². The van der Waals surface area contributed by atoms with Crippen LogP contribution in [0.15, 0.2) is 24.3 Å². The molecule has 22 heavy (non-hydrogen) atoms. The van der Waals surface area contributed by atoms with E-state index in [-0.39, 0.29) is 23.8 Å². The van der Waals surface area contributed by atoms with Crippen molar-refractivity contribution in [3.8, 4) is 0 Å². The van der Waals surface area contributed by atoms with Gasteiger partial charge < -0.3 is 15.7 Å². The largest absolute Gasteiger partial charge is 0.387 e. The molecule has 2 rings (SSSR count). The molecule has 1 aromatic rings. The van der Waals surface area contributed by atoms with Crippen LogP contribution in [0, 0.1) is 5.82 Å². The molecule has 0 spiro atoms. The van der Waals surface area contributed by atoms with Crippen LogP contribution in [0.3, 0.4) is 0 Å². The molecule has 0 radical (unpaired) electrons. The summed E-state index contributed by atoms with van der Waals surface area (Å²) >= 11 is 1.53. The van der Waals surface area contributed by atoms with Crippen molar-refractivity contribution >= 4 is 17.8 Å². The predicted molar refractivity (Wildman–Crippen MR) is 87.7 cm³/mol. The minimum absolute atomic E-state index is 0.138. The van der Waals surface area contributed by atoms with Crippen molar-refractivity contribution in [2.75, 3.05) is 25.1 Å². The zero-order chi connectivity index (χ0) is 16.2. The van der Waals surface area contributed by atoms with Crippen LogP contribution >= 0.6 is 11.8 Å². The van der Waals surface area contributed by atoms with Gasteiger partial charge in [0, 0.05) is 24.3 Å². The summed E-state index contributed by atoms with van der Waals surface area (Å²) in [5.74, 6) is 0.307. The number of aliphatic hydroxyl groups is 1. The molecule has 1 fully saturated rings. The molecule has 1 unspecified atom stereocenters. The van der Waals surface area contributed by atoms with Crippen LogP contribution in [-0.2, 0) is 5.41 Å². The first-order valence-corrected chi connectivity index (χ1v) is 8.75. The number of hydrogen-bond donors (Lipinski definition) is 3. The van der Waals surface area contributed by atoms with Crippen molar-refractivity contribution in [1.29, 1.82) is 0 Å². The third-order valence-electron chi connectivity index (χ3n) is 3.96. The lowest BCUT2D eigenvalue weighted by molar-refractivity contribution is 0.0869. The second-order valence-electron chi connectivity index (χ2n) is 6.26. The average Bonchev–Trinajstić information content (AvgIpc) is 3.24. The number of rotatable bonds is 7. The Balaban J connectivity index is 1.81. The summed E-state index contributed by atoms with van der Waals surface area (Å²) in [7, 11) is 0. The molecule has 6 heteroatoms. The number of urea groups is 1. The first-order valence-electron chi connectivity index (χ1n) is 7.36. The second kappa shape index (κ2) is 6.87. The van der Waals surface area contributed by atoms with E-state index in [9.17, 15) is 14.3 Å². The molecule has 0 aliphatic heterocycles. The van der Waals surface area contributed by atoms with E-state index in [1.807, 2.05) is 12.3 Å². The van der Waals surface area contributed by atoms with Gasteiger partial charge in [0.15, 0.2) is 0 Å². The third-order valence-corrected chi connectivity index (χ3v) is 4.87. The van der Waals surface area contributed by atoms with Crippen molar-refractivity contribution in [3.05, 3.63) is 35.6 Å². The van der Waals surface area contributed by atoms with Gasteiger partial charge in [0.05, 0.1) is 5.60 Å². The zero-order valence-corrected chi connectivity index (χ0v) is 13.8. The van der Waals surface area contributed by atoms with Crippen LogP contribution < -0.4 is 10.6 Å². The molecule has 4 nitrogen and oxygen atoms in total. The Kier molecular flexibility index (Phi) is 5.34. The summed E-state index contributed by atoms with van der Waals surface area (Å²) in [4.78, 5) is 11.9. The molecule has 1 aromatic carbocycles. The van der Waals surface area contributed by atoms with E-state index >= 15 is 0 Å². The van der Waals surface area contributed by atoms with Gasteiger partial charge in [-0.05, 0) is 43.7 Å². The fraction of sp³-hybridized carbons (Fsp3) is 0.562. The summed E-state index contributed by atoms with van der Waals surface area (Å²) in [5.41, 5.74) is -0.125. The third kappa shape index (κ3) is 4.61. The summed E-state index contributed by atoms with van der Waals surface area (Å²) in [6.45, 7) is 2.37. The fourth-order valence-corrected chi connectivity index (χ4v) is 3.21. The number of carbonyl (C=O) groups excluding carboxylic acids is 1. The van der Waals surface area contributed by atoms with E-state index in [1.54, 1.807) is 13.0 Å². The molecule has 122 valence electrons. The highest BCUT2D eigenvalue weighted by Crippen LogP contribution is 2.47. The maximum Gasteiger partial charge on any atom is 0.314 e. The van der Waals surface area contributed by atoms with E-state index in [0.29, 0.717) is 12.3 Å². The van der Waals surface area contributed by atoms with E-state index < -0.39 is 5.60 Å². The highest BCUT2D eigenvalue weighted by molar-refractivity contribution is 7.98. The number of benzene rings is 1. The van der Waals surface area contributed by atoms with Gasteiger partial charge in [-0.25, -0.2) is 9.18 Å². The SMILES string of the molecule is CSCC(C)(O)CNC(=O)NCC1(c2cccc(F)c2)CC1. The van der Waals surface area contributed by atoms with Crippen molar-refractivity contribution in [1.82, 2.24) is 10.6 Å². The standard InChI is InChI=1S/C16H23FN2O2S/c1-15(21,11-22-2)9-18-14(20)19-10-16(6-7-16)12-4-3-5-13(17)8-12/h3-5,8,21H,6-7,9-11H2,1-2H3,(H2,18,19,20). The number of halogens is 1. The fourth-order valence-electron chi connectivity index (χ4n) is 2.48. The Morgan fingerprint density at radius 1 is 1.45 bits per heavy atom. The Hall–Kier alpha value is -1.27. The Morgan fingerprint density at radius 2 is 2.18 bits per heavy atom. The van der Waals surface area contributed by atoms with E-state index in [2.05, 4.69) is 10.6 Å². The molecule has 1 aliphatic carbocycles. The summed E-state index contributed by atoms with van der Waals surface area (Å²) in [5, 5.41) is 15.5. The van der Waals surface area contributed by atoms with E-state index in [1.165, 1.54) is 23.9 Å². The van der Waals surface area contributed by atoms with Gasteiger partial charge in [-0.3, -0.25) is 0 Å². The maximum absolute atomic E-state index is 13.3. The van der Waals surface area contributed by atoms with Gasteiger partial charge >= 0.3 is 6.03 Å². The van der Waals surface area contributed by atoms with E-state index in [4.69, 9.17) is 0 Å². The predicted octanol–water partition coefficient (Wildman–Crippen LogP) is 2.27. The molecule has 0 bridgehead atoms. The maximum atomic E-state index is 13.3. The number of hydrogen-bond acceptors (Lipinski definition) is 3. The van der Waals surface area contributed by atoms with Gasteiger partial charge in [-0.1, -0.05) is 12.1 Å². The van der Waals surface area contributed by atoms with E-state index in [0.717, 1.165) is 18.4 Å². The molecule has 0 heterocycles. The van der Waals surface area contributed by atoms with Crippen LogP contribution in [0.25, 0.3) is 0 Å². The normalized spacial score (nSPS) is 18.4. The summed E-state index contributed by atoms with van der Waals surface area (Å²) in [6.07, 6.45) is 3.80. The van der Waals surface area contributed by atoms with Crippen molar-refractivity contribution in [2.45, 2.75) is 30.8 Å². The number of carbonyl (C=O) groups is 1. The lowest BCUT2D eigenvalue weighted by atomic mass is 9.96. The van der Waals surface area contributed by atoms with Crippen LogP contribution in [0.1, 0.15) is 25.3 Å². The Morgan fingerprint density at radius 3 is 2.77 bits per heavy atom. The molecule has 2 amide bonds. The quantitative estimate of drug-likeness (QED) is 0.720. The lowest BCUT2D eigenvalue weighted by Crippen LogP contribution is -2.47. The molecular weight excluding hydrogens is 303 g/mol. The molecule has 0 aromatic heterocycles. The molecule has 0 saturated heterocycles. The Labute approximate surface area is 134 Å². The van der Waals surface area contributed by atoms with Crippen molar-refractivity contribution in [2.24, 2.45) is 0 Å². The second-order valence-corrected chi connectivity index (χ2v) is 7.12. The molecule has 1 atom stereocenters. The molecular formula is C16H23FN2O2S. The Bertz CT molecular complexity index is 533. The van der Waals surface area contributed by atoms with Gasteiger partial charge in [-0.15, -0.1) is 0 Å². The topological polar surface area (TPSA) is 61.4 Å². The van der Waals surface area contributed by atoms with Crippen LogP contribution in [0.2, 0.25) is 0 Å². The monoisotopic (exact) mass is 326 g/mol. The highest BCUT2D eigenvalue weighted by Gasteiger charge is 2.44. The number of amides is 2. The first-order chi connectivity index (χ1) is 10.4. The molecule has 1 saturated carbocycles. The van der Waals surface area contributed by atoms with Gasteiger partial charge in [0.25, 0.3) is 0 Å². The van der Waals surface area contributed by atoms with Crippen molar-refractivity contribution < 1.29 is 14.3 Å². The van der Waals surface area contributed by atoms with Crippen molar-refractivity contribution in [3.63, 3.8) is 0 Å². The molecule has 3 N–H and O–H groups in total. The summed E-state index contributed by atoms with van der Waals surface area (Å²) in [6, 6.07) is 6.26. The van der Waals surface area contributed by atoms with Crippen LogP contribution in [0.5, 0.6) is 0 Å². The lowest BCUT2D eigenvalue weighted by Gasteiger charge is -2.23. The highest BCUT2D eigenvalue weighted by atomic mass is 32.2.